The van der Waals surface area contributed by atoms with Gasteiger partial charge in [0.1, 0.15) is 6.61 Å². The van der Waals surface area contributed by atoms with E-state index in [2.05, 4.69) is 5.32 Å². The molecule has 0 atom stereocenters. The molecule has 0 saturated carbocycles. The van der Waals surface area contributed by atoms with Gasteiger partial charge in [-0.1, -0.05) is 29.8 Å². The summed E-state index contributed by atoms with van der Waals surface area (Å²) in [5, 5.41) is 2.82. The molecule has 1 N–H and O–H groups in total. The van der Waals surface area contributed by atoms with Gasteiger partial charge >= 0.3 is 0 Å². The van der Waals surface area contributed by atoms with Crippen LogP contribution in [0.1, 0.15) is 15.9 Å². The highest BCUT2D eigenvalue weighted by molar-refractivity contribution is 5.94. The predicted octanol–water partition coefficient (Wildman–Crippen LogP) is 2.81. The minimum Gasteiger partial charge on any atom is -0.493 e. The summed E-state index contributed by atoms with van der Waals surface area (Å²) < 4.78 is 10.8. The first-order valence-electron chi connectivity index (χ1n) is 6.81. The van der Waals surface area contributed by atoms with Crippen molar-refractivity contribution >= 4 is 5.91 Å². The number of para-hydroxylation sites is 2. The van der Waals surface area contributed by atoms with Crippen molar-refractivity contribution in [3.8, 4) is 11.5 Å². The molecular formula is C17H19NO3. The Hall–Kier alpha value is -2.49. The lowest BCUT2D eigenvalue weighted by Crippen LogP contribution is -2.28. The van der Waals surface area contributed by atoms with Crippen molar-refractivity contribution in [3.63, 3.8) is 0 Å². The molecule has 2 aromatic carbocycles. The van der Waals surface area contributed by atoms with E-state index in [4.69, 9.17) is 9.47 Å². The Labute approximate surface area is 124 Å². The van der Waals surface area contributed by atoms with E-state index in [0.29, 0.717) is 30.2 Å². The van der Waals surface area contributed by atoms with Crippen LogP contribution in [0.4, 0.5) is 0 Å². The van der Waals surface area contributed by atoms with Crippen molar-refractivity contribution in [1.29, 1.82) is 0 Å². The second-order valence-electron chi connectivity index (χ2n) is 4.62. The molecule has 0 aliphatic carbocycles. The number of nitrogens with one attached hydrogen (secondary N) is 1. The Morgan fingerprint density at radius 1 is 1.05 bits per heavy atom. The third-order valence-electron chi connectivity index (χ3n) is 3.03. The quantitative estimate of drug-likeness (QED) is 0.830. The Kier molecular flexibility index (Phi) is 5.21. The van der Waals surface area contributed by atoms with Gasteiger partial charge in [-0.2, -0.15) is 0 Å². The normalized spacial score (nSPS) is 10.0. The van der Waals surface area contributed by atoms with Crippen molar-refractivity contribution < 1.29 is 14.3 Å². The van der Waals surface area contributed by atoms with Gasteiger partial charge in [0.15, 0.2) is 11.5 Å². The van der Waals surface area contributed by atoms with E-state index in [-0.39, 0.29) is 5.91 Å². The van der Waals surface area contributed by atoms with E-state index in [1.807, 2.05) is 55.5 Å². The number of carbonyl (C=O) groups excluding carboxylic acids is 1. The van der Waals surface area contributed by atoms with Crippen LogP contribution < -0.4 is 14.8 Å². The highest BCUT2D eigenvalue weighted by Gasteiger charge is 2.05. The van der Waals surface area contributed by atoms with Crippen LogP contribution in [0, 0.1) is 6.92 Å². The summed E-state index contributed by atoms with van der Waals surface area (Å²) in [7, 11) is 1.60. The first-order valence-corrected chi connectivity index (χ1v) is 6.81. The Morgan fingerprint density at radius 3 is 2.38 bits per heavy atom. The molecule has 0 spiro atoms. The van der Waals surface area contributed by atoms with Crippen LogP contribution >= 0.6 is 0 Å². The number of methoxy groups -OCH3 is 1. The minimum absolute atomic E-state index is 0.0985. The average Bonchev–Trinajstić information content (AvgIpc) is 2.52. The molecule has 0 aliphatic heterocycles. The van der Waals surface area contributed by atoms with Crippen LogP contribution in [0.25, 0.3) is 0 Å². The van der Waals surface area contributed by atoms with Gasteiger partial charge in [0.25, 0.3) is 5.91 Å². The standard InChI is InChI=1S/C17H19NO3/c1-13-7-9-14(10-8-13)17(19)18-11-12-21-16-6-4-3-5-15(16)20-2/h3-10H,11-12H2,1-2H3,(H,18,19). The van der Waals surface area contributed by atoms with Crippen LogP contribution in [0.5, 0.6) is 11.5 Å². The maximum Gasteiger partial charge on any atom is 0.251 e. The van der Waals surface area contributed by atoms with Gasteiger partial charge in [-0.3, -0.25) is 4.79 Å². The van der Waals surface area contributed by atoms with Crippen LogP contribution in [0.15, 0.2) is 48.5 Å². The molecule has 0 heterocycles. The molecule has 0 saturated heterocycles. The zero-order valence-corrected chi connectivity index (χ0v) is 12.3. The van der Waals surface area contributed by atoms with Gasteiger partial charge in [0.2, 0.25) is 0 Å². The number of ether oxygens (including phenoxy) is 2. The lowest BCUT2D eigenvalue weighted by molar-refractivity contribution is 0.0947. The monoisotopic (exact) mass is 285 g/mol. The first-order chi connectivity index (χ1) is 10.2. The highest BCUT2D eigenvalue weighted by Crippen LogP contribution is 2.25. The van der Waals surface area contributed by atoms with Crippen LogP contribution in [0.2, 0.25) is 0 Å². The molecule has 0 radical (unpaired) electrons. The van der Waals surface area contributed by atoms with E-state index in [1.165, 1.54) is 0 Å². The molecule has 110 valence electrons. The molecule has 4 nitrogen and oxygen atoms in total. The summed E-state index contributed by atoms with van der Waals surface area (Å²) in [5.74, 6) is 1.26. The molecule has 0 unspecified atom stereocenters. The number of hydrogen-bond acceptors (Lipinski definition) is 3. The minimum atomic E-state index is -0.0985. The fourth-order valence-corrected chi connectivity index (χ4v) is 1.87. The first kappa shape index (κ1) is 14.9. The van der Waals surface area contributed by atoms with Crippen LogP contribution in [0.3, 0.4) is 0 Å². The molecule has 4 heteroatoms. The van der Waals surface area contributed by atoms with Crippen LogP contribution in [-0.4, -0.2) is 26.2 Å². The zero-order valence-electron chi connectivity index (χ0n) is 12.3. The number of benzene rings is 2. The molecule has 0 aliphatic rings. The van der Waals surface area contributed by atoms with Gasteiger partial charge in [0.05, 0.1) is 13.7 Å². The van der Waals surface area contributed by atoms with E-state index in [9.17, 15) is 4.79 Å². The second-order valence-corrected chi connectivity index (χ2v) is 4.62. The largest absolute Gasteiger partial charge is 0.493 e. The Balaban J connectivity index is 1.79. The Bertz CT molecular complexity index is 593. The fourth-order valence-electron chi connectivity index (χ4n) is 1.87. The maximum atomic E-state index is 11.9. The number of aryl methyl sites for hydroxylation is 1. The van der Waals surface area contributed by atoms with E-state index in [0.717, 1.165) is 5.56 Å². The summed E-state index contributed by atoms with van der Waals surface area (Å²) in [4.78, 5) is 11.9. The topological polar surface area (TPSA) is 47.6 Å². The van der Waals surface area contributed by atoms with Crippen molar-refractivity contribution in [3.05, 3.63) is 59.7 Å². The molecule has 0 bridgehead atoms. The predicted molar refractivity (Wildman–Crippen MR) is 82.0 cm³/mol. The van der Waals surface area contributed by atoms with Crippen molar-refractivity contribution in [2.45, 2.75) is 6.92 Å². The third-order valence-corrected chi connectivity index (χ3v) is 3.03. The number of hydrogen-bond donors (Lipinski definition) is 1. The smallest absolute Gasteiger partial charge is 0.251 e. The van der Waals surface area contributed by atoms with E-state index >= 15 is 0 Å². The Morgan fingerprint density at radius 2 is 1.71 bits per heavy atom. The third kappa shape index (κ3) is 4.24. The number of carbonyl (C=O) groups is 1. The van der Waals surface area contributed by atoms with Gasteiger partial charge in [-0.25, -0.2) is 0 Å². The fraction of sp³-hybridized carbons (Fsp3) is 0.235. The lowest BCUT2D eigenvalue weighted by Gasteiger charge is -2.11. The van der Waals surface area contributed by atoms with Gasteiger partial charge in [0, 0.05) is 5.56 Å². The highest BCUT2D eigenvalue weighted by atomic mass is 16.5. The van der Waals surface area contributed by atoms with Crippen molar-refractivity contribution in [2.24, 2.45) is 0 Å². The van der Waals surface area contributed by atoms with Gasteiger partial charge < -0.3 is 14.8 Å². The average molecular weight is 285 g/mol. The second kappa shape index (κ2) is 7.33. The summed E-state index contributed by atoms with van der Waals surface area (Å²) in [6.07, 6.45) is 0. The number of amides is 1. The van der Waals surface area contributed by atoms with E-state index < -0.39 is 0 Å². The van der Waals surface area contributed by atoms with Gasteiger partial charge in [-0.15, -0.1) is 0 Å². The summed E-state index contributed by atoms with van der Waals surface area (Å²) in [6, 6.07) is 14.9. The molecule has 2 aromatic rings. The van der Waals surface area contributed by atoms with Crippen molar-refractivity contribution in [1.82, 2.24) is 5.32 Å². The molecule has 2 rings (SSSR count). The zero-order chi connectivity index (χ0) is 15.1. The SMILES string of the molecule is COc1ccccc1OCCNC(=O)c1ccc(C)cc1. The van der Waals surface area contributed by atoms with E-state index in [1.54, 1.807) is 7.11 Å². The molecule has 1 amide bonds. The molecule has 0 fully saturated rings. The molecule has 21 heavy (non-hydrogen) atoms. The summed E-state index contributed by atoms with van der Waals surface area (Å²) in [5.41, 5.74) is 1.78. The molecular weight excluding hydrogens is 266 g/mol. The molecule has 0 aromatic heterocycles. The van der Waals surface area contributed by atoms with Crippen molar-refractivity contribution in [2.75, 3.05) is 20.3 Å². The lowest BCUT2D eigenvalue weighted by atomic mass is 10.1. The van der Waals surface area contributed by atoms with Crippen LogP contribution in [-0.2, 0) is 0 Å². The maximum absolute atomic E-state index is 11.9. The van der Waals surface area contributed by atoms with Gasteiger partial charge in [-0.05, 0) is 31.2 Å². The number of rotatable bonds is 6. The summed E-state index contributed by atoms with van der Waals surface area (Å²) >= 11 is 0. The summed E-state index contributed by atoms with van der Waals surface area (Å²) in [6.45, 7) is 2.81.